The number of carbonyl (C=O) groups is 1. The van der Waals surface area contributed by atoms with Crippen LogP contribution in [0.15, 0.2) is 85.1 Å². The van der Waals surface area contributed by atoms with Gasteiger partial charge in [0.1, 0.15) is 19.3 Å². The van der Waals surface area contributed by atoms with Gasteiger partial charge in [-0.05, 0) is 70.6 Å². The molecule has 0 amide bonds. The quantitative estimate of drug-likeness (QED) is 0.0227. The molecule has 0 spiro atoms. The molecule has 0 aromatic rings. The van der Waals surface area contributed by atoms with Gasteiger partial charge in [0.15, 0.2) is 0 Å². The van der Waals surface area contributed by atoms with Crippen LogP contribution in [0.25, 0.3) is 0 Å². The fraction of sp³-hybridized carbons (Fsp3) is 0.651. The van der Waals surface area contributed by atoms with Crippen LogP contribution in [0.1, 0.15) is 123 Å². The van der Waals surface area contributed by atoms with Gasteiger partial charge in [-0.3, -0.25) is 13.8 Å². The topological polar surface area (TPSA) is 91.3 Å². The van der Waals surface area contributed by atoms with Crippen molar-refractivity contribution in [2.75, 3.05) is 54.1 Å². The SMILES string of the molecule is CC/C=C\C/C=C\C/C=C\C/C=C\C/C=C\CCOCC(COP(=O)(O)OCC[N+](C)(C)C)OC(=O)CCCCCCC/C=C\C/C=C\CCCC. The number of hydrogen-bond acceptors (Lipinski definition) is 6. The van der Waals surface area contributed by atoms with Gasteiger partial charge in [0, 0.05) is 6.42 Å². The zero-order valence-corrected chi connectivity index (χ0v) is 34.4. The molecule has 8 nitrogen and oxygen atoms in total. The molecule has 0 bridgehead atoms. The van der Waals surface area contributed by atoms with Crippen molar-refractivity contribution in [2.45, 2.75) is 129 Å². The number of esters is 1. The number of likely N-dealkylation sites (N-methyl/N-ethyl adjacent to an activating group) is 1. The summed E-state index contributed by atoms with van der Waals surface area (Å²) < 4.78 is 34.7. The lowest BCUT2D eigenvalue weighted by Gasteiger charge is -2.24. The van der Waals surface area contributed by atoms with Crippen LogP contribution in [-0.4, -0.2) is 75.6 Å². The number of unbranched alkanes of at least 4 members (excludes halogenated alkanes) is 7. The lowest BCUT2D eigenvalue weighted by molar-refractivity contribution is -0.870. The Balaban J connectivity index is 4.47. The highest BCUT2D eigenvalue weighted by atomic mass is 31.2. The molecule has 0 fully saturated rings. The number of hydrogen-bond donors (Lipinski definition) is 1. The maximum Gasteiger partial charge on any atom is 0.472 e. The molecule has 0 radical (unpaired) electrons. The Kier molecular flexibility index (Phi) is 34.1. The molecular formula is C43H75NO7P+. The molecule has 0 aliphatic rings. The van der Waals surface area contributed by atoms with Crippen molar-refractivity contribution in [2.24, 2.45) is 0 Å². The van der Waals surface area contributed by atoms with Gasteiger partial charge in [0.2, 0.25) is 0 Å². The summed E-state index contributed by atoms with van der Waals surface area (Å²) in [6, 6.07) is 0. The first kappa shape index (κ1) is 49.7. The van der Waals surface area contributed by atoms with Crippen LogP contribution in [0, 0.1) is 0 Å². The largest absolute Gasteiger partial charge is 0.472 e. The van der Waals surface area contributed by atoms with E-state index in [2.05, 4.69) is 98.9 Å². The number of nitrogens with zero attached hydrogens (tertiary/aromatic N) is 1. The van der Waals surface area contributed by atoms with Gasteiger partial charge in [-0.15, -0.1) is 0 Å². The monoisotopic (exact) mass is 749 g/mol. The third-order valence-electron chi connectivity index (χ3n) is 7.71. The van der Waals surface area contributed by atoms with Crippen molar-refractivity contribution < 1.29 is 37.3 Å². The van der Waals surface area contributed by atoms with E-state index < -0.39 is 13.9 Å². The Morgan fingerprint density at radius 3 is 1.67 bits per heavy atom. The highest BCUT2D eigenvalue weighted by Crippen LogP contribution is 2.43. The Labute approximate surface area is 318 Å². The summed E-state index contributed by atoms with van der Waals surface area (Å²) in [6.07, 6.45) is 46.4. The second-order valence-electron chi connectivity index (χ2n) is 13.9. The van der Waals surface area contributed by atoms with Crippen molar-refractivity contribution in [1.29, 1.82) is 0 Å². The normalized spacial score (nSPS) is 14.8. The van der Waals surface area contributed by atoms with Gasteiger partial charge in [0.25, 0.3) is 0 Å². The molecule has 0 aromatic heterocycles. The fourth-order valence-corrected chi connectivity index (χ4v) is 5.37. The first-order valence-corrected chi connectivity index (χ1v) is 21.3. The second-order valence-corrected chi connectivity index (χ2v) is 15.4. The molecule has 0 saturated heterocycles. The number of carbonyl (C=O) groups excluding carboxylic acids is 1. The number of quaternary nitrogens is 1. The molecule has 2 unspecified atom stereocenters. The molecular weight excluding hydrogens is 673 g/mol. The zero-order valence-electron chi connectivity index (χ0n) is 33.5. The summed E-state index contributed by atoms with van der Waals surface area (Å²) in [5, 5.41) is 0. The Morgan fingerprint density at radius 1 is 0.615 bits per heavy atom. The fourth-order valence-electron chi connectivity index (χ4n) is 4.63. The molecule has 52 heavy (non-hydrogen) atoms. The number of ether oxygens (including phenoxy) is 2. The number of allylic oxidation sites excluding steroid dienone is 13. The van der Waals surface area contributed by atoms with E-state index in [1.54, 1.807) is 0 Å². The smallest absolute Gasteiger partial charge is 0.457 e. The second kappa shape index (κ2) is 35.7. The molecule has 0 rings (SSSR count). The van der Waals surface area contributed by atoms with Crippen LogP contribution in [0.4, 0.5) is 0 Å². The third kappa shape index (κ3) is 38.9. The Bertz CT molecular complexity index is 1100. The third-order valence-corrected chi connectivity index (χ3v) is 8.69. The molecule has 9 heteroatoms. The van der Waals surface area contributed by atoms with Crippen molar-refractivity contribution in [3.8, 4) is 0 Å². The van der Waals surface area contributed by atoms with E-state index in [9.17, 15) is 14.3 Å². The van der Waals surface area contributed by atoms with E-state index in [1.807, 2.05) is 21.1 Å². The average molecular weight is 749 g/mol. The van der Waals surface area contributed by atoms with Crippen LogP contribution in [-0.2, 0) is 27.9 Å². The summed E-state index contributed by atoms with van der Waals surface area (Å²) in [5.74, 6) is -0.358. The van der Waals surface area contributed by atoms with Crippen molar-refractivity contribution in [3.63, 3.8) is 0 Å². The van der Waals surface area contributed by atoms with Crippen molar-refractivity contribution in [3.05, 3.63) is 85.1 Å². The standard InChI is InChI=1S/C43H74NO7P/c1-6-8-10-12-14-16-18-20-22-23-25-27-29-31-33-35-38-48-40-42(41-50-52(46,47)49-39-37-44(3,4)5)51-43(45)36-34-32-30-28-26-24-21-19-17-15-13-11-9-7-2/h8,10,13-16,19-22,25,27,31,33,42H,6-7,9,11-12,17-18,23-24,26,28-30,32,34-41H2,1-5H3/p+1/b10-8-,15-13-,16-14-,21-19-,22-20-,27-25-,33-31-. The lowest BCUT2D eigenvalue weighted by atomic mass is 10.1. The zero-order chi connectivity index (χ0) is 38.4. The van der Waals surface area contributed by atoms with E-state index in [0.717, 1.165) is 77.0 Å². The maximum absolute atomic E-state index is 12.6. The highest BCUT2D eigenvalue weighted by molar-refractivity contribution is 7.47. The van der Waals surface area contributed by atoms with E-state index in [0.29, 0.717) is 24.1 Å². The van der Waals surface area contributed by atoms with Crippen LogP contribution in [0.3, 0.4) is 0 Å². The van der Waals surface area contributed by atoms with E-state index in [-0.39, 0.29) is 32.2 Å². The summed E-state index contributed by atoms with van der Waals surface area (Å²) >= 11 is 0. The average Bonchev–Trinajstić information content (AvgIpc) is 3.09. The van der Waals surface area contributed by atoms with Gasteiger partial charge >= 0.3 is 13.8 Å². The minimum Gasteiger partial charge on any atom is -0.457 e. The highest BCUT2D eigenvalue weighted by Gasteiger charge is 2.26. The van der Waals surface area contributed by atoms with Crippen LogP contribution in [0.5, 0.6) is 0 Å². The summed E-state index contributed by atoms with van der Waals surface area (Å²) in [5.41, 5.74) is 0. The van der Waals surface area contributed by atoms with Gasteiger partial charge in [-0.1, -0.05) is 131 Å². The molecule has 0 heterocycles. The van der Waals surface area contributed by atoms with E-state index in [4.69, 9.17) is 18.5 Å². The number of rotatable bonds is 35. The van der Waals surface area contributed by atoms with Gasteiger partial charge in [-0.25, -0.2) is 4.57 Å². The van der Waals surface area contributed by atoms with Gasteiger partial charge in [0.05, 0.1) is 41.0 Å². The number of phosphoric ester groups is 1. The van der Waals surface area contributed by atoms with E-state index in [1.165, 1.54) is 19.3 Å². The Hall–Kier alpha value is -2.32. The molecule has 0 saturated carbocycles. The molecule has 1 N–H and O–H groups in total. The van der Waals surface area contributed by atoms with Gasteiger partial charge < -0.3 is 18.9 Å². The minimum atomic E-state index is -4.30. The maximum atomic E-state index is 12.6. The summed E-state index contributed by atoms with van der Waals surface area (Å²) in [7, 11) is 1.60. The first-order valence-electron chi connectivity index (χ1n) is 19.8. The van der Waals surface area contributed by atoms with Crippen molar-refractivity contribution in [1.82, 2.24) is 0 Å². The van der Waals surface area contributed by atoms with Crippen LogP contribution in [0.2, 0.25) is 0 Å². The van der Waals surface area contributed by atoms with Gasteiger partial charge in [-0.2, -0.15) is 0 Å². The Morgan fingerprint density at radius 2 is 1.12 bits per heavy atom. The van der Waals surface area contributed by atoms with Crippen LogP contribution < -0.4 is 0 Å². The minimum absolute atomic E-state index is 0.0668. The lowest BCUT2D eigenvalue weighted by Crippen LogP contribution is -2.37. The summed E-state index contributed by atoms with van der Waals surface area (Å²) in [6.45, 7) is 5.18. The molecule has 0 aliphatic carbocycles. The molecule has 0 aliphatic heterocycles. The molecule has 2 atom stereocenters. The summed E-state index contributed by atoms with van der Waals surface area (Å²) in [4.78, 5) is 22.8. The van der Waals surface area contributed by atoms with E-state index >= 15 is 0 Å². The predicted octanol–water partition coefficient (Wildman–Crippen LogP) is 11.3. The predicted molar refractivity (Wildman–Crippen MR) is 219 cm³/mol. The molecule has 0 aromatic carbocycles. The van der Waals surface area contributed by atoms with Crippen molar-refractivity contribution >= 4 is 13.8 Å². The van der Waals surface area contributed by atoms with Crippen LogP contribution >= 0.6 is 7.82 Å². The molecule has 298 valence electrons. The first-order chi connectivity index (χ1) is 25.1. The number of phosphoric acid groups is 1.